The Morgan fingerprint density at radius 3 is 2.95 bits per heavy atom. The van der Waals surface area contributed by atoms with Crippen molar-refractivity contribution in [1.82, 2.24) is 9.88 Å². The van der Waals surface area contributed by atoms with Gasteiger partial charge in [-0.3, -0.25) is 4.79 Å². The molecule has 0 aliphatic carbocycles. The Labute approximate surface area is 113 Å². The summed E-state index contributed by atoms with van der Waals surface area (Å²) >= 11 is 0. The Hall–Kier alpha value is -1.62. The number of amides is 1. The lowest BCUT2D eigenvalue weighted by atomic mass is 9.96. The molecule has 2 rings (SSSR count). The summed E-state index contributed by atoms with van der Waals surface area (Å²) in [4.78, 5) is 18.0. The van der Waals surface area contributed by atoms with Crippen LogP contribution in [-0.2, 0) is 0 Å². The van der Waals surface area contributed by atoms with Gasteiger partial charge in [-0.1, -0.05) is 6.92 Å². The summed E-state index contributed by atoms with van der Waals surface area (Å²) in [5.41, 5.74) is 0.533. The number of hydrogen-bond acceptors (Lipinski definition) is 4. The molecule has 1 N–H and O–H groups in total. The first-order valence-corrected chi connectivity index (χ1v) is 6.68. The summed E-state index contributed by atoms with van der Waals surface area (Å²) in [5, 5.41) is 9.83. The van der Waals surface area contributed by atoms with E-state index in [-0.39, 0.29) is 11.8 Å². The fraction of sp³-hybridized carbons (Fsp3) is 0.571. The lowest BCUT2D eigenvalue weighted by Gasteiger charge is -2.34. The number of pyridine rings is 1. The molecule has 0 radical (unpaired) electrons. The van der Waals surface area contributed by atoms with Gasteiger partial charge in [0.1, 0.15) is 0 Å². The largest absolute Gasteiger partial charge is 0.478 e. The predicted octanol–water partition coefficient (Wildman–Crippen LogP) is 1.32. The number of ether oxygens (including phenoxy) is 1. The maximum Gasteiger partial charge on any atom is 0.255 e. The number of aliphatic hydroxyl groups excluding tert-OH is 1. The average molecular weight is 264 g/mol. The van der Waals surface area contributed by atoms with Crippen LogP contribution < -0.4 is 4.74 Å². The van der Waals surface area contributed by atoms with Gasteiger partial charge >= 0.3 is 0 Å². The average Bonchev–Trinajstić information content (AvgIpc) is 2.42. The van der Waals surface area contributed by atoms with Crippen molar-refractivity contribution in [3.8, 4) is 5.88 Å². The highest BCUT2D eigenvalue weighted by Gasteiger charge is 2.27. The van der Waals surface area contributed by atoms with Gasteiger partial charge in [0.15, 0.2) is 0 Å². The van der Waals surface area contributed by atoms with E-state index >= 15 is 0 Å². The molecule has 1 aromatic rings. The van der Waals surface area contributed by atoms with E-state index in [4.69, 9.17) is 4.74 Å². The minimum Gasteiger partial charge on any atom is -0.478 e. The van der Waals surface area contributed by atoms with Crippen LogP contribution in [0.25, 0.3) is 0 Å². The molecular formula is C14H20N2O3. The van der Waals surface area contributed by atoms with Crippen molar-refractivity contribution in [1.29, 1.82) is 0 Å². The van der Waals surface area contributed by atoms with E-state index in [1.54, 1.807) is 17.0 Å². The SMILES string of the molecule is CCOc1ccc(C(=O)N2CCC(C)C(O)C2)cn1. The zero-order valence-electron chi connectivity index (χ0n) is 11.4. The Balaban J connectivity index is 2.03. The fourth-order valence-corrected chi connectivity index (χ4v) is 2.16. The van der Waals surface area contributed by atoms with Gasteiger partial charge in [0.25, 0.3) is 5.91 Å². The number of rotatable bonds is 3. The molecular weight excluding hydrogens is 244 g/mol. The predicted molar refractivity (Wildman–Crippen MR) is 71.1 cm³/mol. The van der Waals surface area contributed by atoms with Crippen LogP contribution in [0.2, 0.25) is 0 Å². The van der Waals surface area contributed by atoms with Gasteiger partial charge in [-0.05, 0) is 25.3 Å². The van der Waals surface area contributed by atoms with Crippen molar-refractivity contribution >= 4 is 5.91 Å². The van der Waals surface area contributed by atoms with Gasteiger partial charge in [0, 0.05) is 25.4 Å². The highest BCUT2D eigenvalue weighted by molar-refractivity contribution is 5.94. The van der Waals surface area contributed by atoms with E-state index in [1.165, 1.54) is 6.20 Å². The smallest absolute Gasteiger partial charge is 0.255 e. The molecule has 1 aliphatic heterocycles. The number of carbonyl (C=O) groups excluding carboxylic acids is 1. The first kappa shape index (κ1) is 13.8. The van der Waals surface area contributed by atoms with Crippen LogP contribution in [0, 0.1) is 5.92 Å². The lowest BCUT2D eigenvalue weighted by Crippen LogP contribution is -2.45. The van der Waals surface area contributed by atoms with Gasteiger partial charge in [0.2, 0.25) is 5.88 Å². The van der Waals surface area contributed by atoms with Crippen LogP contribution in [0.3, 0.4) is 0 Å². The van der Waals surface area contributed by atoms with Crippen LogP contribution in [0.5, 0.6) is 5.88 Å². The zero-order chi connectivity index (χ0) is 13.8. The second kappa shape index (κ2) is 6.02. The molecule has 1 aromatic heterocycles. The van der Waals surface area contributed by atoms with Crippen molar-refractivity contribution in [2.75, 3.05) is 19.7 Å². The zero-order valence-corrected chi connectivity index (χ0v) is 11.4. The maximum absolute atomic E-state index is 12.3. The van der Waals surface area contributed by atoms with E-state index in [0.29, 0.717) is 31.1 Å². The molecule has 5 nitrogen and oxygen atoms in total. The van der Waals surface area contributed by atoms with Crippen LogP contribution >= 0.6 is 0 Å². The highest BCUT2D eigenvalue weighted by Crippen LogP contribution is 2.19. The number of β-amino-alcohol motifs (C(OH)–C–C–N with tert-alkyl or cyclic N) is 1. The van der Waals surface area contributed by atoms with Crippen molar-refractivity contribution in [2.24, 2.45) is 5.92 Å². The van der Waals surface area contributed by atoms with Crippen LogP contribution in [-0.4, -0.2) is 46.7 Å². The van der Waals surface area contributed by atoms with Gasteiger partial charge in [-0.2, -0.15) is 0 Å². The monoisotopic (exact) mass is 264 g/mol. The van der Waals surface area contributed by atoms with Crippen molar-refractivity contribution in [3.63, 3.8) is 0 Å². The third-order valence-electron chi connectivity index (χ3n) is 3.48. The quantitative estimate of drug-likeness (QED) is 0.894. The molecule has 0 bridgehead atoms. The first-order valence-electron chi connectivity index (χ1n) is 6.68. The number of likely N-dealkylation sites (tertiary alicyclic amines) is 1. The first-order chi connectivity index (χ1) is 9.11. The van der Waals surface area contributed by atoms with Crippen molar-refractivity contribution < 1.29 is 14.6 Å². The third kappa shape index (κ3) is 3.23. The summed E-state index contributed by atoms with van der Waals surface area (Å²) in [7, 11) is 0. The third-order valence-corrected chi connectivity index (χ3v) is 3.48. The summed E-state index contributed by atoms with van der Waals surface area (Å²) in [6.45, 7) is 5.52. The molecule has 1 fully saturated rings. The summed E-state index contributed by atoms with van der Waals surface area (Å²) in [5.74, 6) is 0.690. The maximum atomic E-state index is 12.3. The Morgan fingerprint density at radius 2 is 2.37 bits per heavy atom. The second-order valence-electron chi connectivity index (χ2n) is 4.90. The second-order valence-corrected chi connectivity index (χ2v) is 4.90. The standard InChI is InChI=1S/C14H20N2O3/c1-3-19-13-5-4-11(8-15-13)14(18)16-7-6-10(2)12(17)9-16/h4-5,8,10,12,17H,3,6-7,9H2,1-2H3. The number of carbonyl (C=O) groups is 1. The number of aliphatic hydroxyl groups is 1. The summed E-state index contributed by atoms with van der Waals surface area (Å²) in [6.07, 6.45) is 1.92. The molecule has 1 aliphatic rings. The van der Waals surface area contributed by atoms with Gasteiger partial charge in [-0.15, -0.1) is 0 Å². The van der Waals surface area contributed by atoms with E-state index in [9.17, 15) is 9.90 Å². The molecule has 2 heterocycles. The van der Waals surface area contributed by atoms with E-state index < -0.39 is 6.10 Å². The van der Waals surface area contributed by atoms with Crippen LogP contribution in [0.1, 0.15) is 30.6 Å². The van der Waals surface area contributed by atoms with E-state index in [0.717, 1.165) is 6.42 Å². The molecule has 2 atom stereocenters. The summed E-state index contributed by atoms with van der Waals surface area (Å²) < 4.78 is 5.24. The molecule has 1 saturated heterocycles. The Kier molecular flexibility index (Phi) is 4.37. The van der Waals surface area contributed by atoms with E-state index in [2.05, 4.69) is 4.98 Å². The van der Waals surface area contributed by atoms with Gasteiger partial charge < -0.3 is 14.7 Å². The number of piperidine rings is 1. The number of aromatic nitrogens is 1. The molecule has 104 valence electrons. The molecule has 0 spiro atoms. The highest BCUT2D eigenvalue weighted by atomic mass is 16.5. The van der Waals surface area contributed by atoms with Gasteiger partial charge in [0.05, 0.1) is 18.3 Å². The van der Waals surface area contributed by atoms with Crippen LogP contribution in [0.4, 0.5) is 0 Å². The molecule has 5 heteroatoms. The molecule has 1 amide bonds. The minimum atomic E-state index is -0.437. The topological polar surface area (TPSA) is 62.7 Å². The normalized spacial score (nSPS) is 23.2. The molecule has 19 heavy (non-hydrogen) atoms. The Morgan fingerprint density at radius 1 is 1.58 bits per heavy atom. The van der Waals surface area contributed by atoms with E-state index in [1.807, 2.05) is 13.8 Å². The minimum absolute atomic E-state index is 0.0819. The molecule has 0 aromatic carbocycles. The fourth-order valence-electron chi connectivity index (χ4n) is 2.16. The number of hydrogen-bond donors (Lipinski definition) is 1. The number of nitrogens with zero attached hydrogens (tertiary/aromatic N) is 2. The molecule has 2 unspecified atom stereocenters. The summed E-state index contributed by atoms with van der Waals surface area (Å²) in [6, 6.07) is 3.41. The van der Waals surface area contributed by atoms with Crippen molar-refractivity contribution in [3.05, 3.63) is 23.9 Å². The van der Waals surface area contributed by atoms with Crippen LogP contribution in [0.15, 0.2) is 18.3 Å². The van der Waals surface area contributed by atoms with Gasteiger partial charge in [-0.25, -0.2) is 4.98 Å². The Bertz CT molecular complexity index is 433. The molecule has 0 saturated carbocycles. The van der Waals surface area contributed by atoms with Crippen molar-refractivity contribution in [2.45, 2.75) is 26.4 Å². The lowest BCUT2D eigenvalue weighted by molar-refractivity contribution is 0.0248.